The second-order valence-corrected chi connectivity index (χ2v) is 8.36. The Morgan fingerprint density at radius 3 is 2.76 bits per heavy atom. The summed E-state index contributed by atoms with van der Waals surface area (Å²) < 4.78 is 0.966. The third-order valence-electron chi connectivity index (χ3n) is 4.34. The minimum absolute atomic E-state index is 0.0308. The molecule has 0 saturated heterocycles. The summed E-state index contributed by atoms with van der Waals surface area (Å²) >= 11 is 4.97. The van der Waals surface area contributed by atoms with Crippen molar-refractivity contribution >= 4 is 44.8 Å². The highest BCUT2D eigenvalue weighted by Gasteiger charge is 2.17. The lowest BCUT2D eigenvalue weighted by atomic mass is 10.1. The normalized spacial score (nSPS) is 13.7. The van der Waals surface area contributed by atoms with Gasteiger partial charge in [0, 0.05) is 15.0 Å². The summed E-state index contributed by atoms with van der Waals surface area (Å²) in [4.78, 5) is 26.5. The van der Waals surface area contributed by atoms with E-state index >= 15 is 0 Å². The molecular weight excluding hydrogens is 400 g/mol. The van der Waals surface area contributed by atoms with Gasteiger partial charge in [-0.15, -0.1) is 11.3 Å². The number of carbonyl (C=O) groups excluding carboxylic acids is 2. The Balaban J connectivity index is 1.56. The largest absolute Gasteiger partial charge is 0.342 e. The van der Waals surface area contributed by atoms with E-state index in [-0.39, 0.29) is 18.4 Å². The predicted octanol–water partition coefficient (Wildman–Crippen LogP) is 4.46. The number of hydrogen-bond donors (Lipinski definition) is 2. The Morgan fingerprint density at radius 2 is 1.96 bits per heavy atom. The molecular formula is C19H21BrN2O2S. The first-order valence-corrected chi connectivity index (χ1v) is 10.1. The van der Waals surface area contributed by atoms with Gasteiger partial charge in [0.2, 0.25) is 5.91 Å². The molecule has 1 aromatic carbocycles. The highest BCUT2D eigenvalue weighted by atomic mass is 79.9. The van der Waals surface area contributed by atoms with Crippen molar-refractivity contribution in [2.75, 3.05) is 11.9 Å². The highest BCUT2D eigenvalue weighted by Crippen LogP contribution is 2.28. The minimum atomic E-state index is -0.225. The molecule has 3 rings (SSSR count). The lowest BCUT2D eigenvalue weighted by Gasteiger charge is -2.09. The number of nitrogens with one attached hydrogen (secondary N) is 2. The zero-order valence-corrected chi connectivity index (χ0v) is 16.6. The van der Waals surface area contributed by atoms with E-state index in [1.807, 2.05) is 31.2 Å². The van der Waals surface area contributed by atoms with Gasteiger partial charge in [-0.1, -0.05) is 22.4 Å². The van der Waals surface area contributed by atoms with E-state index < -0.39 is 0 Å². The van der Waals surface area contributed by atoms with Crippen molar-refractivity contribution in [3.05, 3.63) is 49.6 Å². The number of amides is 2. The molecule has 2 N–H and O–H groups in total. The molecule has 1 heterocycles. The molecule has 0 aliphatic heterocycles. The first-order valence-electron chi connectivity index (χ1n) is 8.49. The van der Waals surface area contributed by atoms with E-state index in [0.717, 1.165) is 28.6 Å². The van der Waals surface area contributed by atoms with Crippen LogP contribution in [0.4, 0.5) is 5.69 Å². The summed E-state index contributed by atoms with van der Waals surface area (Å²) in [6, 6.07) is 7.65. The van der Waals surface area contributed by atoms with Crippen molar-refractivity contribution in [3.8, 4) is 0 Å². The molecule has 0 spiro atoms. The molecule has 132 valence electrons. The van der Waals surface area contributed by atoms with Crippen LogP contribution in [0, 0.1) is 6.92 Å². The van der Waals surface area contributed by atoms with E-state index in [9.17, 15) is 9.59 Å². The molecule has 4 nitrogen and oxygen atoms in total. The first-order chi connectivity index (χ1) is 12.0. The number of aryl methyl sites for hydroxylation is 3. The van der Waals surface area contributed by atoms with E-state index in [1.165, 1.54) is 29.7 Å². The van der Waals surface area contributed by atoms with Gasteiger partial charge in [-0.3, -0.25) is 9.59 Å². The lowest BCUT2D eigenvalue weighted by molar-refractivity contribution is -0.115. The zero-order chi connectivity index (χ0) is 17.8. The fourth-order valence-corrected chi connectivity index (χ4v) is 4.63. The molecule has 0 bridgehead atoms. The molecule has 1 aliphatic rings. The third-order valence-corrected chi connectivity index (χ3v) is 6.07. The minimum Gasteiger partial charge on any atom is -0.342 e. The van der Waals surface area contributed by atoms with Crippen molar-refractivity contribution in [1.29, 1.82) is 0 Å². The maximum absolute atomic E-state index is 12.3. The fourth-order valence-electron chi connectivity index (χ4n) is 2.99. The molecule has 0 atom stereocenters. The Bertz CT molecular complexity index is 777. The second-order valence-electron chi connectivity index (χ2n) is 6.31. The van der Waals surface area contributed by atoms with Gasteiger partial charge >= 0.3 is 0 Å². The standard InChI is InChI=1S/C19H21BrN2O2S/c1-12-9-14(20)7-8-15(12)22-18(23)11-21-19(24)17-10-13-5-3-2-4-6-16(13)25-17/h7-10H,2-6,11H2,1H3,(H,21,24)(H,22,23). The van der Waals surface area contributed by atoms with Crippen LogP contribution in [0.15, 0.2) is 28.7 Å². The van der Waals surface area contributed by atoms with Crippen LogP contribution in [-0.4, -0.2) is 18.4 Å². The summed E-state index contributed by atoms with van der Waals surface area (Å²) in [5.41, 5.74) is 3.03. The maximum atomic E-state index is 12.3. The average molecular weight is 421 g/mol. The van der Waals surface area contributed by atoms with Crippen molar-refractivity contribution in [2.45, 2.75) is 39.0 Å². The second kappa shape index (κ2) is 8.15. The number of anilines is 1. The molecule has 6 heteroatoms. The van der Waals surface area contributed by atoms with Crippen molar-refractivity contribution < 1.29 is 9.59 Å². The highest BCUT2D eigenvalue weighted by molar-refractivity contribution is 9.10. The van der Waals surface area contributed by atoms with Gasteiger partial charge in [-0.05, 0) is 68.0 Å². The summed E-state index contributed by atoms with van der Waals surface area (Å²) in [5, 5.41) is 5.56. The summed E-state index contributed by atoms with van der Waals surface area (Å²) in [5.74, 6) is -0.391. The fraction of sp³-hybridized carbons (Fsp3) is 0.368. The molecule has 0 fully saturated rings. The van der Waals surface area contributed by atoms with Crippen LogP contribution in [-0.2, 0) is 17.6 Å². The van der Waals surface area contributed by atoms with Crippen molar-refractivity contribution in [1.82, 2.24) is 5.32 Å². The molecule has 2 amide bonds. The molecule has 0 saturated carbocycles. The molecule has 25 heavy (non-hydrogen) atoms. The monoisotopic (exact) mass is 420 g/mol. The van der Waals surface area contributed by atoms with E-state index in [0.29, 0.717) is 4.88 Å². The van der Waals surface area contributed by atoms with Crippen molar-refractivity contribution in [3.63, 3.8) is 0 Å². The number of fused-ring (bicyclic) bond motifs is 1. The maximum Gasteiger partial charge on any atom is 0.261 e. The van der Waals surface area contributed by atoms with Gasteiger partial charge in [0.15, 0.2) is 0 Å². The van der Waals surface area contributed by atoms with Gasteiger partial charge in [0.05, 0.1) is 11.4 Å². The van der Waals surface area contributed by atoms with Gasteiger partial charge in [0.25, 0.3) is 5.91 Å². The van der Waals surface area contributed by atoms with Crippen LogP contribution in [0.1, 0.15) is 44.9 Å². The molecule has 1 aliphatic carbocycles. The Labute approximate surface area is 160 Å². The predicted molar refractivity (Wildman–Crippen MR) is 105 cm³/mol. The lowest BCUT2D eigenvalue weighted by Crippen LogP contribution is -2.32. The number of halogens is 1. The third kappa shape index (κ3) is 4.70. The Morgan fingerprint density at radius 1 is 1.16 bits per heavy atom. The average Bonchev–Trinajstić information content (AvgIpc) is 2.86. The number of carbonyl (C=O) groups is 2. The van der Waals surface area contributed by atoms with Gasteiger partial charge in [0.1, 0.15) is 0 Å². The molecule has 2 aromatic rings. The number of hydrogen-bond acceptors (Lipinski definition) is 3. The van der Waals surface area contributed by atoms with E-state index in [1.54, 1.807) is 11.3 Å². The number of thiophene rings is 1. The van der Waals surface area contributed by atoms with Crippen LogP contribution in [0.3, 0.4) is 0 Å². The first kappa shape index (κ1) is 18.1. The van der Waals surface area contributed by atoms with Gasteiger partial charge < -0.3 is 10.6 Å². The quantitative estimate of drug-likeness (QED) is 0.717. The zero-order valence-electron chi connectivity index (χ0n) is 14.2. The Kier molecular flexibility index (Phi) is 5.91. The topological polar surface area (TPSA) is 58.2 Å². The van der Waals surface area contributed by atoms with Crippen LogP contribution >= 0.6 is 27.3 Å². The smallest absolute Gasteiger partial charge is 0.261 e. The molecule has 0 radical (unpaired) electrons. The van der Waals surface area contributed by atoms with E-state index in [4.69, 9.17) is 0 Å². The Hall–Kier alpha value is -1.66. The summed E-state index contributed by atoms with van der Waals surface area (Å²) in [6.45, 7) is 1.90. The van der Waals surface area contributed by atoms with Gasteiger partial charge in [-0.2, -0.15) is 0 Å². The number of rotatable bonds is 4. The van der Waals surface area contributed by atoms with Crippen LogP contribution < -0.4 is 10.6 Å². The molecule has 1 aromatic heterocycles. The van der Waals surface area contributed by atoms with Crippen LogP contribution in [0.2, 0.25) is 0 Å². The number of benzene rings is 1. The molecule has 0 unspecified atom stereocenters. The van der Waals surface area contributed by atoms with Gasteiger partial charge in [-0.25, -0.2) is 0 Å². The summed E-state index contributed by atoms with van der Waals surface area (Å²) in [7, 11) is 0. The SMILES string of the molecule is Cc1cc(Br)ccc1NC(=O)CNC(=O)c1cc2c(s1)CCCCC2. The van der Waals surface area contributed by atoms with Crippen LogP contribution in [0.5, 0.6) is 0 Å². The van der Waals surface area contributed by atoms with E-state index in [2.05, 4.69) is 26.6 Å². The van der Waals surface area contributed by atoms with Crippen LogP contribution in [0.25, 0.3) is 0 Å². The van der Waals surface area contributed by atoms with Crippen molar-refractivity contribution in [2.24, 2.45) is 0 Å². The summed E-state index contributed by atoms with van der Waals surface area (Å²) in [6.07, 6.45) is 5.78.